The molecule has 0 bridgehead atoms. The molecule has 0 saturated carbocycles. The zero-order chi connectivity index (χ0) is 12.6. The Morgan fingerprint density at radius 1 is 1.41 bits per heavy atom. The highest BCUT2D eigenvalue weighted by molar-refractivity contribution is 5.36. The topological polar surface area (TPSA) is 63.8 Å². The van der Waals surface area contributed by atoms with Crippen molar-refractivity contribution >= 4 is 0 Å². The number of aromatic nitrogens is 2. The summed E-state index contributed by atoms with van der Waals surface area (Å²) < 4.78 is 27.6. The Balaban J connectivity index is 2.65. The second-order valence-corrected chi connectivity index (χ2v) is 3.64. The Bertz CT molecular complexity index is 616. The average molecular weight is 239 g/mol. The first-order valence-electron chi connectivity index (χ1n) is 5.00. The summed E-state index contributed by atoms with van der Waals surface area (Å²) in [6.07, 6.45) is 0. The van der Waals surface area contributed by atoms with Crippen LogP contribution >= 0.6 is 0 Å². The third kappa shape index (κ3) is 1.87. The van der Waals surface area contributed by atoms with E-state index < -0.39 is 11.6 Å². The maximum atomic E-state index is 13.5. The highest BCUT2D eigenvalue weighted by atomic mass is 19.1. The van der Waals surface area contributed by atoms with Crippen LogP contribution in [0.15, 0.2) is 23.0 Å². The van der Waals surface area contributed by atoms with Gasteiger partial charge in [0.25, 0.3) is 5.56 Å². The van der Waals surface area contributed by atoms with Gasteiger partial charge in [-0.05, 0) is 19.1 Å². The number of aromatic amines is 1. The Morgan fingerprint density at radius 3 is 2.65 bits per heavy atom. The fourth-order valence-electron chi connectivity index (χ4n) is 1.70. The number of benzene rings is 1. The minimum atomic E-state index is -0.747. The molecular weight excluding hydrogens is 228 g/mol. The summed E-state index contributed by atoms with van der Waals surface area (Å²) >= 11 is 0. The number of nitrogens with zero attached hydrogens (tertiary/aromatic N) is 1. The van der Waals surface area contributed by atoms with Gasteiger partial charge >= 0.3 is 0 Å². The third-order valence-electron chi connectivity index (χ3n) is 2.61. The summed E-state index contributed by atoms with van der Waals surface area (Å²) in [5, 5.41) is 2.46. The van der Waals surface area contributed by atoms with Gasteiger partial charge in [0, 0.05) is 18.3 Å². The largest absolute Gasteiger partial charge is 0.326 e. The first kappa shape index (κ1) is 11.5. The van der Waals surface area contributed by atoms with Gasteiger partial charge < -0.3 is 5.73 Å². The Kier molecular flexibility index (Phi) is 2.81. The lowest BCUT2D eigenvalue weighted by Gasteiger charge is -2.07. The lowest BCUT2D eigenvalue weighted by molar-refractivity contribution is 0.572. The van der Waals surface area contributed by atoms with Crippen LogP contribution in [-0.2, 0) is 6.54 Å². The van der Waals surface area contributed by atoms with Crippen molar-refractivity contribution in [2.75, 3.05) is 0 Å². The molecule has 0 aliphatic carbocycles. The smallest absolute Gasteiger partial charge is 0.269 e. The molecule has 0 aliphatic heterocycles. The molecule has 2 aromatic rings. The Labute approximate surface area is 95.7 Å². The van der Waals surface area contributed by atoms with E-state index in [0.29, 0.717) is 11.3 Å². The van der Waals surface area contributed by atoms with Crippen LogP contribution in [0.3, 0.4) is 0 Å². The molecular formula is C11H11F2N3O. The van der Waals surface area contributed by atoms with E-state index in [2.05, 4.69) is 5.10 Å². The van der Waals surface area contributed by atoms with Crippen LogP contribution in [0.1, 0.15) is 11.3 Å². The van der Waals surface area contributed by atoms with Gasteiger partial charge in [-0.15, -0.1) is 0 Å². The van der Waals surface area contributed by atoms with Gasteiger partial charge in [0.2, 0.25) is 0 Å². The molecule has 1 heterocycles. The number of rotatable bonds is 2. The van der Waals surface area contributed by atoms with Crippen LogP contribution in [0, 0.1) is 18.6 Å². The van der Waals surface area contributed by atoms with Crippen LogP contribution in [-0.4, -0.2) is 9.78 Å². The van der Waals surface area contributed by atoms with Crippen LogP contribution < -0.4 is 11.3 Å². The summed E-state index contributed by atoms with van der Waals surface area (Å²) in [7, 11) is 0. The van der Waals surface area contributed by atoms with Gasteiger partial charge in [-0.3, -0.25) is 14.6 Å². The van der Waals surface area contributed by atoms with Gasteiger partial charge in [-0.25, -0.2) is 8.78 Å². The molecule has 17 heavy (non-hydrogen) atoms. The van der Waals surface area contributed by atoms with Crippen molar-refractivity contribution in [3.63, 3.8) is 0 Å². The summed E-state index contributed by atoms with van der Waals surface area (Å²) in [6, 6.07) is 3.14. The number of nitrogens with two attached hydrogens (primary N) is 1. The van der Waals surface area contributed by atoms with Crippen LogP contribution in [0.5, 0.6) is 0 Å². The number of halogens is 2. The van der Waals surface area contributed by atoms with Crippen LogP contribution in [0.25, 0.3) is 5.69 Å². The fraction of sp³-hybridized carbons (Fsp3) is 0.182. The predicted molar refractivity (Wildman–Crippen MR) is 58.9 cm³/mol. The highest BCUT2D eigenvalue weighted by Crippen LogP contribution is 2.16. The monoisotopic (exact) mass is 239 g/mol. The molecule has 90 valence electrons. The molecule has 1 aromatic heterocycles. The lowest BCUT2D eigenvalue weighted by Crippen LogP contribution is -2.11. The molecule has 0 unspecified atom stereocenters. The van der Waals surface area contributed by atoms with Crippen molar-refractivity contribution in [2.24, 2.45) is 5.73 Å². The van der Waals surface area contributed by atoms with Gasteiger partial charge in [0.1, 0.15) is 5.82 Å². The highest BCUT2D eigenvalue weighted by Gasteiger charge is 2.13. The SMILES string of the molecule is Cc1c(CN)c(=O)[nH]n1-c1ccc(F)cc1F. The average Bonchev–Trinajstić information content (AvgIpc) is 2.54. The molecule has 4 nitrogen and oxygen atoms in total. The summed E-state index contributed by atoms with van der Waals surface area (Å²) in [4.78, 5) is 11.5. The first-order chi connectivity index (χ1) is 8.04. The maximum Gasteiger partial charge on any atom is 0.269 e. The standard InChI is InChI=1S/C11H11F2N3O/c1-6-8(5-14)11(17)15-16(6)10-3-2-7(12)4-9(10)13/h2-4H,5,14H2,1H3,(H,15,17). The molecule has 0 amide bonds. The van der Waals surface area contributed by atoms with E-state index in [1.165, 1.54) is 10.7 Å². The van der Waals surface area contributed by atoms with Gasteiger partial charge in [0.15, 0.2) is 5.82 Å². The molecule has 0 radical (unpaired) electrons. The second kappa shape index (κ2) is 4.14. The van der Waals surface area contributed by atoms with Gasteiger partial charge in [-0.2, -0.15) is 0 Å². The van der Waals surface area contributed by atoms with E-state index in [9.17, 15) is 13.6 Å². The van der Waals surface area contributed by atoms with E-state index in [1.807, 2.05) is 0 Å². The molecule has 2 rings (SSSR count). The summed E-state index contributed by atoms with van der Waals surface area (Å²) in [5.41, 5.74) is 6.03. The minimum absolute atomic E-state index is 0.0664. The van der Waals surface area contributed by atoms with Crippen molar-refractivity contribution in [3.05, 3.63) is 51.4 Å². The summed E-state index contributed by atoms with van der Waals surface area (Å²) in [6.45, 7) is 1.71. The van der Waals surface area contributed by atoms with Crippen molar-refractivity contribution in [3.8, 4) is 5.69 Å². The molecule has 0 aliphatic rings. The fourth-order valence-corrected chi connectivity index (χ4v) is 1.70. The van der Waals surface area contributed by atoms with E-state index in [4.69, 9.17) is 5.73 Å². The predicted octanol–water partition coefficient (Wildman–Crippen LogP) is 1.21. The van der Waals surface area contributed by atoms with E-state index in [0.717, 1.165) is 12.1 Å². The Hall–Kier alpha value is -1.95. The number of hydrogen-bond acceptors (Lipinski definition) is 2. The molecule has 0 saturated heterocycles. The van der Waals surface area contributed by atoms with Gasteiger partial charge in [0.05, 0.1) is 11.3 Å². The van der Waals surface area contributed by atoms with E-state index >= 15 is 0 Å². The second-order valence-electron chi connectivity index (χ2n) is 3.64. The molecule has 3 N–H and O–H groups in total. The maximum absolute atomic E-state index is 13.5. The number of H-pyrrole nitrogens is 1. The van der Waals surface area contributed by atoms with Crippen LogP contribution in [0.4, 0.5) is 8.78 Å². The lowest BCUT2D eigenvalue weighted by atomic mass is 10.2. The first-order valence-corrected chi connectivity index (χ1v) is 5.00. The molecule has 0 fully saturated rings. The van der Waals surface area contributed by atoms with Crippen molar-refractivity contribution in [1.82, 2.24) is 9.78 Å². The summed E-state index contributed by atoms with van der Waals surface area (Å²) in [5.74, 6) is -1.42. The molecule has 0 spiro atoms. The van der Waals surface area contributed by atoms with Crippen molar-refractivity contribution in [2.45, 2.75) is 13.5 Å². The third-order valence-corrected chi connectivity index (χ3v) is 2.61. The quantitative estimate of drug-likeness (QED) is 0.827. The van der Waals surface area contributed by atoms with Crippen molar-refractivity contribution < 1.29 is 8.78 Å². The molecule has 0 atom stereocenters. The normalized spacial score (nSPS) is 10.8. The number of hydrogen-bond donors (Lipinski definition) is 2. The van der Waals surface area contributed by atoms with Gasteiger partial charge in [-0.1, -0.05) is 0 Å². The molecule has 6 heteroatoms. The van der Waals surface area contributed by atoms with Crippen LogP contribution in [0.2, 0.25) is 0 Å². The molecule has 1 aromatic carbocycles. The van der Waals surface area contributed by atoms with E-state index in [1.54, 1.807) is 6.92 Å². The van der Waals surface area contributed by atoms with Crippen molar-refractivity contribution in [1.29, 1.82) is 0 Å². The zero-order valence-corrected chi connectivity index (χ0v) is 9.13. The Morgan fingerprint density at radius 2 is 2.12 bits per heavy atom. The number of nitrogens with one attached hydrogen (secondary N) is 1. The van der Waals surface area contributed by atoms with E-state index in [-0.39, 0.29) is 17.8 Å². The minimum Gasteiger partial charge on any atom is -0.326 e. The zero-order valence-electron chi connectivity index (χ0n) is 9.13.